The van der Waals surface area contributed by atoms with E-state index in [4.69, 9.17) is 11.6 Å². The molecule has 0 bridgehead atoms. The predicted octanol–water partition coefficient (Wildman–Crippen LogP) is 4.13. The van der Waals surface area contributed by atoms with Crippen molar-refractivity contribution in [3.8, 4) is 0 Å². The molecule has 0 aliphatic rings. The maximum atomic E-state index is 13.6. The van der Waals surface area contributed by atoms with Crippen LogP contribution >= 0.6 is 27.5 Å². The number of hydrogen-bond donors (Lipinski definition) is 1. The van der Waals surface area contributed by atoms with E-state index in [2.05, 4.69) is 21.2 Å². The minimum atomic E-state index is -0.359. The average Bonchev–Trinajstić information content (AvgIpc) is 2.12. The first-order chi connectivity index (χ1) is 6.81. The van der Waals surface area contributed by atoms with Crippen molar-refractivity contribution in [1.82, 2.24) is 5.32 Å². The van der Waals surface area contributed by atoms with Crippen LogP contribution in [-0.2, 0) is 6.54 Å². The molecule has 0 aromatic heterocycles. The highest BCUT2D eigenvalue weighted by atomic mass is 79.9. The van der Waals surface area contributed by atoms with Crippen molar-refractivity contribution in [3.05, 3.63) is 33.0 Å². The van der Waals surface area contributed by atoms with Crippen molar-refractivity contribution in [2.75, 3.05) is 0 Å². The minimum Gasteiger partial charge on any atom is -0.308 e. The van der Waals surface area contributed by atoms with Crippen LogP contribution in [0.5, 0.6) is 0 Å². The topological polar surface area (TPSA) is 12.0 Å². The van der Waals surface area contributed by atoms with Crippen LogP contribution in [0.2, 0.25) is 5.02 Å². The standard InChI is InChI=1S/C11H14BrClFN/c1-11(2,3)15-6-7-4-5-8(12)9(13)10(7)14/h4-5,15H,6H2,1-3H3. The third-order valence-electron chi connectivity index (χ3n) is 1.92. The van der Waals surface area contributed by atoms with Gasteiger partial charge in [-0.3, -0.25) is 0 Å². The Morgan fingerprint density at radius 1 is 1.40 bits per heavy atom. The van der Waals surface area contributed by atoms with Gasteiger partial charge in [0.05, 0.1) is 5.02 Å². The van der Waals surface area contributed by atoms with Crippen LogP contribution in [0.3, 0.4) is 0 Å². The van der Waals surface area contributed by atoms with Gasteiger partial charge in [0.15, 0.2) is 0 Å². The summed E-state index contributed by atoms with van der Waals surface area (Å²) in [6, 6.07) is 3.48. The van der Waals surface area contributed by atoms with Gasteiger partial charge in [0.1, 0.15) is 5.82 Å². The van der Waals surface area contributed by atoms with E-state index in [9.17, 15) is 4.39 Å². The zero-order valence-electron chi connectivity index (χ0n) is 9.00. The maximum absolute atomic E-state index is 13.6. The van der Waals surface area contributed by atoms with E-state index in [1.807, 2.05) is 20.8 Å². The monoisotopic (exact) mass is 293 g/mol. The Labute approximate surface area is 103 Å². The molecule has 0 radical (unpaired) electrons. The van der Waals surface area contributed by atoms with Gasteiger partial charge in [0.25, 0.3) is 0 Å². The zero-order valence-corrected chi connectivity index (χ0v) is 11.3. The van der Waals surface area contributed by atoms with Crippen molar-refractivity contribution in [2.45, 2.75) is 32.9 Å². The molecule has 1 aromatic rings. The van der Waals surface area contributed by atoms with E-state index in [0.717, 1.165) is 0 Å². The summed E-state index contributed by atoms with van der Waals surface area (Å²) in [4.78, 5) is 0. The van der Waals surface area contributed by atoms with Gasteiger partial charge in [-0.05, 0) is 42.8 Å². The Balaban J connectivity index is 2.83. The van der Waals surface area contributed by atoms with Gasteiger partial charge in [0, 0.05) is 22.1 Å². The Bertz CT molecular complexity index is 360. The first-order valence-corrected chi connectivity index (χ1v) is 5.86. The lowest BCUT2D eigenvalue weighted by Gasteiger charge is -2.20. The molecule has 0 aliphatic heterocycles. The van der Waals surface area contributed by atoms with Gasteiger partial charge in [-0.15, -0.1) is 0 Å². The van der Waals surface area contributed by atoms with Gasteiger partial charge >= 0.3 is 0 Å². The second kappa shape index (κ2) is 4.81. The molecule has 0 saturated carbocycles. The normalized spacial score (nSPS) is 11.9. The lowest BCUT2D eigenvalue weighted by atomic mass is 10.1. The van der Waals surface area contributed by atoms with Crippen molar-refractivity contribution in [3.63, 3.8) is 0 Å². The lowest BCUT2D eigenvalue weighted by Crippen LogP contribution is -2.35. The van der Waals surface area contributed by atoms with Crippen LogP contribution in [0.4, 0.5) is 4.39 Å². The highest BCUT2D eigenvalue weighted by molar-refractivity contribution is 9.10. The van der Waals surface area contributed by atoms with E-state index in [0.29, 0.717) is 16.6 Å². The summed E-state index contributed by atoms with van der Waals surface area (Å²) >= 11 is 8.96. The first kappa shape index (κ1) is 12.9. The van der Waals surface area contributed by atoms with Gasteiger partial charge in [-0.25, -0.2) is 4.39 Å². The fraction of sp³-hybridized carbons (Fsp3) is 0.455. The third kappa shape index (κ3) is 3.74. The SMILES string of the molecule is CC(C)(C)NCc1ccc(Br)c(Cl)c1F. The molecule has 1 N–H and O–H groups in total. The van der Waals surface area contributed by atoms with Crippen LogP contribution in [0.25, 0.3) is 0 Å². The number of halogens is 3. The molecule has 1 nitrogen and oxygen atoms in total. The molecular weight excluding hydrogens is 280 g/mol. The third-order valence-corrected chi connectivity index (χ3v) is 3.18. The second-order valence-corrected chi connectivity index (χ2v) is 5.67. The highest BCUT2D eigenvalue weighted by Gasteiger charge is 2.13. The molecule has 15 heavy (non-hydrogen) atoms. The van der Waals surface area contributed by atoms with Crippen LogP contribution in [-0.4, -0.2) is 5.54 Å². The number of benzene rings is 1. The highest BCUT2D eigenvalue weighted by Crippen LogP contribution is 2.27. The average molecular weight is 295 g/mol. The quantitative estimate of drug-likeness (QED) is 0.809. The van der Waals surface area contributed by atoms with Crippen molar-refractivity contribution >= 4 is 27.5 Å². The number of nitrogens with one attached hydrogen (secondary N) is 1. The van der Waals surface area contributed by atoms with Gasteiger partial charge < -0.3 is 5.32 Å². The Morgan fingerprint density at radius 2 is 2.00 bits per heavy atom. The fourth-order valence-corrected chi connectivity index (χ4v) is 1.55. The molecular formula is C11H14BrClFN. The van der Waals surface area contributed by atoms with Crippen molar-refractivity contribution < 1.29 is 4.39 Å². The van der Waals surface area contributed by atoms with Gasteiger partial charge in [-0.1, -0.05) is 17.7 Å². The number of rotatable bonds is 2. The Morgan fingerprint density at radius 3 is 2.53 bits per heavy atom. The summed E-state index contributed by atoms with van der Waals surface area (Å²) in [5, 5.41) is 3.35. The zero-order chi connectivity index (χ0) is 11.6. The minimum absolute atomic E-state index is 0.0357. The summed E-state index contributed by atoms with van der Waals surface area (Å²) in [5.74, 6) is -0.359. The summed E-state index contributed by atoms with van der Waals surface area (Å²) in [6.45, 7) is 6.57. The van der Waals surface area contributed by atoms with Crippen LogP contribution < -0.4 is 5.32 Å². The largest absolute Gasteiger partial charge is 0.308 e. The summed E-state index contributed by atoms with van der Waals surface area (Å²) in [5.41, 5.74) is 0.546. The van der Waals surface area contributed by atoms with Crippen LogP contribution in [0.15, 0.2) is 16.6 Å². The summed E-state index contributed by atoms with van der Waals surface area (Å²) in [7, 11) is 0. The fourth-order valence-electron chi connectivity index (χ4n) is 1.06. The van der Waals surface area contributed by atoms with E-state index in [-0.39, 0.29) is 16.4 Å². The van der Waals surface area contributed by atoms with Gasteiger partial charge in [-0.2, -0.15) is 0 Å². The molecule has 0 heterocycles. The van der Waals surface area contributed by atoms with E-state index >= 15 is 0 Å². The molecule has 4 heteroatoms. The van der Waals surface area contributed by atoms with E-state index in [1.54, 1.807) is 12.1 Å². The molecule has 0 atom stereocenters. The molecule has 1 aromatic carbocycles. The molecule has 0 unspecified atom stereocenters. The summed E-state index contributed by atoms with van der Waals surface area (Å²) in [6.07, 6.45) is 0. The van der Waals surface area contributed by atoms with Crippen molar-refractivity contribution in [2.24, 2.45) is 0 Å². The second-order valence-electron chi connectivity index (χ2n) is 4.44. The molecule has 0 aliphatic carbocycles. The lowest BCUT2D eigenvalue weighted by molar-refractivity contribution is 0.418. The molecule has 0 fully saturated rings. The van der Waals surface area contributed by atoms with Crippen molar-refractivity contribution in [1.29, 1.82) is 0 Å². The molecule has 84 valence electrons. The molecule has 0 spiro atoms. The molecule has 0 saturated heterocycles. The van der Waals surface area contributed by atoms with E-state index < -0.39 is 0 Å². The summed E-state index contributed by atoms with van der Waals surface area (Å²) < 4.78 is 14.2. The predicted molar refractivity (Wildman–Crippen MR) is 65.7 cm³/mol. The Kier molecular flexibility index (Phi) is 4.15. The van der Waals surface area contributed by atoms with Gasteiger partial charge in [0.2, 0.25) is 0 Å². The van der Waals surface area contributed by atoms with Crippen LogP contribution in [0, 0.1) is 5.82 Å². The molecule has 0 amide bonds. The maximum Gasteiger partial charge on any atom is 0.147 e. The smallest absolute Gasteiger partial charge is 0.147 e. The van der Waals surface area contributed by atoms with E-state index in [1.165, 1.54) is 0 Å². The number of hydrogen-bond acceptors (Lipinski definition) is 1. The first-order valence-electron chi connectivity index (χ1n) is 4.68. The Hall–Kier alpha value is -0.120. The van der Waals surface area contributed by atoms with Crippen LogP contribution in [0.1, 0.15) is 26.3 Å². The molecule has 1 rings (SSSR count).